The van der Waals surface area contributed by atoms with Crippen molar-refractivity contribution in [3.8, 4) is 0 Å². The second kappa shape index (κ2) is 8.81. The van der Waals surface area contributed by atoms with Gasteiger partial charge in [0.2, 0.25) is 11.8 Å². The van der Waals surface area contributed by atoms with Crippen molar-refractivity contribution in [1.82, 2.24) is 10.3 Å². The normalized spacial score (nSPS) is 17.0. The molecule has 1 aliphatic heterocycles. The van der Waals surface area contributed by atoms with Crippen LogP contribution in [0.25, 0.3) is 10.9 Å². The molecule has 0 saturated carbocycles. The Morgan fingerprint density at radius 2 is 1.97 bits per heavy atom. The van der Waals surface area contributed by atoms with Crippen LogP contribution in [0.3, 0.4) is 0 Å². The molecule has 2 heterocycles. The third-order valence-corrected chi connectivity index (χ3v) is 5.79. The van der Waals surface area contributed by atoms with E-state index in [-0.39, 0.29) is 31.2 Å². The molecule has 0 spiro atoms. The van der Waals surface area contributed by atoms with E-state index in [1.54, 1.807) is 29.2 Å². The lowest BCUT2D eigenvalue weighted by atomic mass is 10.0. The summed E-state index contributed by atoms with van der Waals surface area (Å²) >= 11 is 5.92. The van der Waals surface area contributed by atoms with Gasteiger partial charge in [-0.05, 0) is 35.9 Å². The molecular weight excluding hydrogens is 418 g/mol. The van der Waals surface area contributed by atoms with Crippen LogP contribution in [0.4, 0.5) is 5.69 Å². The predicted molar refractivity (Wildman–Crippen MR) is 118 cm³/mol. The minimum Gasteiger partial charge on any atom is -0.467 e. The summed E-state index contributed by atoms with van der Waals surface area (Å²) in [6.07, 6.45) is 2.19. The molecule has 0 unspecified atom stereocenters. The predicted octanol–water partition coefficient (Wildman–Crippen LogP) is 3.07. The van der Waals surface area contributed by atoms with Crippen molar-refractivity contribution in [1.29, 1.82) is 0 Å². The van der Waals surface area contributed by atoms with Gasteiger partial charge in [-0.25, -0.2) is 4.79 Å². The number of esters is 1. The highest BCUT2D eigenvalue weighted by Crippen LogP contribution is 2.27. The smallest absolute Gasteiger partial charge is 0.328 e. The largest absolute Gasteiger partial charge is 0.467 e. The zero-order valence-electron chi connectivity index (χ0n) is 16.9. The summed E-state index contributed by atoms with van der Waals surface area (Å²) in [5, 5.41) is 4.34. The molecule has 2 atom stereocenters. The number of anilines is 1. The SMILES string of the molecule is COC(=O)[C@H](Cc1c[nH]c2ccccc12)NC(=O)[C@@H]1CC(=O)N(c2ccc(Cl)cc2)C1. The van der Waals surface area contributed by atoms with Crippen LogP contribution in [0, 0.1) is 5.92 Å². The molecule has 1 saturated heterocycles. The second-order valence-electron chi connectivity index (χ2n) is 7.53. The highest BCUT2D eigenvalue weighted by atomic mass is 35.5. The molecule has 7 nitrogen and oxygen atoms in total. The van der Waals surface area contributed by atoms with Gasteiger partial charge in [0.15, 0.2) is 0 Å². The average Bonchev–Trinajstić information content (AvgIpc) is 3.37. The molecule has 0 radical (unpaired) electrons. The molecule has 0 aliphatic carbocycles. The van der Waals surface area contributed by atoms with Gasteiger partial charge in [0.1, 0.15) is 6.04 Å². The number of benzene rings is 2. The number of aromatic amines is 1. The van der Waals surface area contributed by atoms with E-state index in [2.05, 4.69) is 10.3 Å². The average molecular weight is 440 g/mol. The molecule has 0 bridgehead atoms. The van der Waals surface area contributed by atoms with E-state index in [0.717, 1.165) is 16.5 Å². The summed E-state index contributed by atoms with van der Waals surface area (Å²) < 4.78 is 4.91. The molecule has 1 fully saturated rings. The molecule has 2 amide bonds. The van der Waals surface area contributed by atoms with Gasteiger partial charge in [0.25, 0.3) is 0 Å². The summed E-state index contributed by atoms with van der Waals surface area (Å²) in [4.78, 5) is 42.5. The highest BCUT2D eigenvalue weighted by Gasteiger charge is 2.37. The maximum absolute atomic E-state index is 12.9. The third kappa shape index (κ3) is 4.41. The van der Waals surface area contributed by atoms with Crippen LogP contribution in [0.1, 0.15) is 12.0 Å². The van der Waals surface area contributed by atoms with Crippen LogP contribution in [-0.2, 0) is 25.5 Å². The Balaban J connectivity index is 1.47. The lowest BCUT2D eigenvalue weighted by molar-refractivity contribution is -0.145. The Labute approximate surface area is 184 Å². The minimum absolute atomic E-state index is 0.0788. The van der Waals surface area contributed by atoms with E-state index in [0.29, 0.717) is 10.7 Å². The van der Waals surface area contributed by atoms with Gasteiger partial charge in [0, 0.05) is 47.2 Å². The van der Waals surface area contributed by atoms with Crippen LogP contribution in [0.2, 0.25) is 5.02 Å². The van der Waals surface area contributed by atoms with E-state index in [1.165, 1.54) is 7.11 Å². The van der Waals surface area contributed by atoms with Crippen LogP contribution >= 0.6 is 11.6 Å². The van der Waals surface area contributed by atoms with Gasteiger partial charge in [0.05, 0.1) is 13.0 Å². The zero-order valence-corrected chi connectivity index (χ0v) is 17.7. The number of nitrogens with zero attached hydrogens (tertiary/aromatic N) is 1. The van der Waals surface area contributed by atoms with Crippen molar-refractivity contribution in [2.45, 2.75) is 18.9 Å². The zero-order chi connectivity index (χ0) is 22.0. The number of methoxy groups -OCH3 is 1. The summed E-state index contributed by atoms with van der Waals surface area (Å²) in [5.41, 5.74) is 2.54. The van der Waals surface area contributed by atoms with Crippen molar-refractivity contribution < 1.29 is 19.1 Å². The first-order valence-corrected chi connectivity index (χ1v) is 10.3. The summed E-state index contributed by atoms with van der Waals surface area (Å²) in [7, 11) is 1.29. The van der Waals surface area contributed by atoms with Gasteiger partial charge in [-0.3, -0.25) is 9.59 Å². The minimum atomic E-state index is -0.851. The van der Waals surface area contributed by atoms with Crippen LogP contribution < -0.4 is 10.2 Å². The standard InChI is InChI=1S/C23H22ClN3O4/c1-31-23(30)20(10-14-12-25-19-5-3-2-4-18(14)19)26-22(29)15-11-21(28)27(13-15)17-8-6-16(24)7-9-17/h2-9,12,15,20,25H,10-11,13H2,1H3,(H,26,29)/t15-,20+/m1/s1. The van der Waals surface area contributed by atoms with Crippen LogP contribution in [-0.4, -0.2) is 42.5 Å². The number of nitrogens with one attached hydrogen (secondary N) is 2. The maximum atomic E-state index is 12.9. The first kappa shape index (κ1) is 20.9. The first-order valence-electron chi connectivity index (χ1n) is 9.95. The van der Waals surface area contributed by atoms with Gasteiger partial charge in [-0.1, -0.05) is 29.8 Å². The Bertz CT molecular complexity index is 1130. The number of fused-ring (bicyclic) bond motifs is 1. The Morgan fingerprint density at radius 1 is 1.23 bits per heavy atom. The molecule has 1 aromatic heterocycles. The fourth-order valence-corrected chi connectivity index (χ4v) is 4.03. The van der Waals surface area contributed by atoms with Crippen LogP contribution in [0.5, 0.6) is 0 Å². The monoisotopic (exact) mass is 439 g/mol. The number of H-pyrrole nitrogens is 1. The molecule has 3 aromatic rings. The number of aromatic nitrogens is 1. The Morgan fingerprint density at radius 3 is 2.71 bits per heavy atom. The third-order valence-electron chi connectivity index (χ3n) is 5.54. The Hall–Kier alpha value is -3.32. The van der Waals surface area contributed by atoms with E-state index in [9.17, 15) is 14.4 Å². The summed E-state index contributed by atoms with van der Waals surface area (Å²) in [6, 6.07) is 13.8. The molecule has 2 aromatic carbocycles. The first-order chi connectivity index (χ1) is 15.0. The van der Waals surface area contributed by atoms with Crippen molar-refractivity contribution >= 4 is 46.0 Å². The fraction of sp³-hybridized carbons (Fsp3) is 0.261. The fourth-order valence-electron chi connectivity index (χ4n) is 3.90. The number of hydrogen-bond acceptors (Lipinski definition) is 4. The van der Waals surface area contributed by atoms with Crippen molar-refractivity contribution in [2.24, 2.45) is 5.92 Å². The molecule has 8 heteroatoms. The van der Waals surface area contributed by atoms with Gasteiger partial charge in [-0.2, -0.15) is 0 Å². The summed E-state index contributed by atoms with van der Waals surface area (Å²) in [6.45, 7) is 0.243. The molecule has 1 aliphatic rings. The number of rotatable bonds is 6. The summed E-state index contributed by atoms with van der Waals surface area (Å²) in [5.74, 6) is -1.58. The highest BCUT2D eigenvalue weighted by molar-refractivity contribution is 6.30. The van der Waals surface area contributed by atoms with Gasteiger partial charge < -0.3 is 19.9 Å². The van der Waals surface area contributed by atoms with E-state index < -0.39 is 17.9 Å². The molecule has 31 heavy (non-hydrogen) atoms. The lowest BCUT2D eigenvalue weighted by Gasteiger charge is -2.19. The van der Waals surface area contributed by atoms with Gasteiger partial charge >= 0.3 is 5.97 Å². The Kier molecular flexibility index (Phi) is 5.95. The number of para-hydroxylation sites is 1. The molecule has 2 N–H and O–H groups in total. The van der Waals surface area contributed by atoms with E-state index in [4.69, 9.17) is 16.3 Å². The number of halogens is 1. The topological polar surface area (TPSA) is 91.5 Å². The molecule has 160 valence electrons. The quantitative estimate of drug-likeness (QED) is 0.577. The van der Waals surface area contributed by atoms with Crippen molar-refractivity contribution in [2.75, 3.05) is 18.6 Å². The number of ether oxygens (including phenoxy) is 1. The number of carbonyl (C=O) groups is 3. The molecule has 4 rings (SSSR count). The number of hydrogen-bond donors (Lipinski definition) is 2. The maximum Gasteiger partial charge on any atom is 0.328 e. The van der Waals surface area contributed by atoms with Gasteiger partial charge in [-0.15, -0.1) is 0 Å². The van der Waals surface area contributed by atoms with E-state index in [1.807, 2.05) is 30.5 Å². The van der Waals surface area contributed by atoms with Crippen LogP contribution in [0.15, 0.2) is 54.7 Å². The second-order valence-corrected chi connectivity index (χ2v) is 7.97. The van der Waals surface area contributed by atoms with Crippen molar-refractivity contribution in [3.05, 3.63) is 65.3 Å². The lowest BCUT2D eigenvalue weighted by Crippen LogP contribution is -2.46. The number of amides is 2. The van der Waals surface area contributed by atoms with E-state index >= 15 is 0 Å². The van der Waals surface area contributed by atoms with Crippen molar-refractivity contribution in [3.63, 3.8) is 0 Å². The number of carbonyl (C=O) groups excluding carboxylic acids is 3. The molecular formula is C23H22ClN3O4.